The zero-order valence-electron chi connectivity index (χ0n) is 18.7. The third-order valence-corrected chi connectivity index (χ3v) is 6.74. The number of amides is 4. The van der Waals surface area contributed by atoms with E-state index in [9.17, 15) is 36.3 Å². The Bertz CT molecular complexity index is 1280. The summed E-state index contributed by atoms with van der Waals surface area (Å²) < 4.78 is 91.9. The van der Waals surface area contributed by atoms with Gasteiger partial charge >= 0.3 is 18.6 Å². The highest BCUT2D eigenvalue weighted by atomic mass is 19.4. The van der Waals surface area contributed by atoms with Crippen LogP contribution in [0.5, 0.6) is 0 Å². The van der Waals surface area contributed by atoms with Crippen molar-refractivity contribution in [2.75, 3.05) is 11.4 Å². The Morgan fingerprint density at radius 1 is 1.19 bits per heavy atom. The van der Waals surface area contributed by atoms with Crippen LogP contribution < -0.4 is 15.5 Å². The smallest absolute Gasteiger partial charge is 0.361 e. The summed E-state index contributed by atoms with van der Waals surface area (Å²) in [6, 6.07) is -0.531. The maximum Gasteiger partial charge on any atom is 0.416 e. The zero-order valence-corrected chi connectivity index (χ0v) is 18.7. The van der Waals surface area contributed by atoms with Crippen molar-refractivity contribution in [3.8, 4) is 11.4 Å². The molecule has 0 aliphatic carbocycles. The Balaban J connectivity index is 1.70. The number of urea groups is 1. The first kappa shape index (κ1) is 25.0. The minimum atomic E-state index is -4.83. The van der Waals surface area contributed by atoms with E-state index >= 15 is 4.39 Å². The summed E-state index contributed by atoms with van der Waals surface area (Å²) in [6.45, 7) is 0.611. The topological polar surface area (TPSA) is 127 Å². The molecule has 0 bridgehead atoms. The number of carbonyl (C=O) groups excluding carboxylic acids is 3. The van der Waals surface area contributed by atoms with Crippen molar-refractivity contribution in [3.05, 3.63) is 29.4 Å². The standard InChI is InChI=1S/C21H17F6N5O5/c1-2-11-13-20(17(33)29-19(35)30-18(20)34)5-7-3-8(15-28-16(14(23)24)37-31-15)9(22)4-10(7)32(13)6-12(36-11)21(25,26)27/h3-4,11-14H,2,5-6H2,1H3,(H2,29,30,33,34,35)/t11-,12-,13+/m0/s1. The number of nitrogens with zero attached hydrogens (tertiary/aromatic N) is 3. The lowest BCUT2D eigenvalue weighted by atomic mass is 9.66. The van der Waals surface area contributed by atoms with Gasteiger partial charge in [0.1, 0.15) is 5.82 Å². The van der Waals surface area contributed by atoms with Crippen LogP contribution in [0.4, 0.5) is 36.8 Å². The van der Waals surface area contributed by atoms with Crippen molar-refractivity contribution in [1.82, 2.24) is 20.8 Å². The molecule has 2 fully saturated rings. The molecule has 3 atom stereocenters. The van der Waals surface area contributed by atoms with E-state index in [-0.39, 0.29) is 17.7 Å². The van der Waals surface area contributed by atoms with Crippen LogP contribution in [-0.4, -0.2) is 59.0 Å². The number of hydrogen-bond acceptors (Lipinski definition) is 8. The maximum atomic E-state index is 15.2. The van der Waals surface area contributed by atoms with Crippen LogP contribution in [0, 0.1) is 11.2 Å². The highest BCUT2D eigenvalue weighted by Crippen LogP contribution is 2.49. The third kappa shape index (κ3) is 3.81. The van der Waals surface area contributed by atoms with Crippen LogP contribution in [0.25, 0.3) is 11.4 Å². The van der Waals surface area contributed by atoms with Crippen LogP contribution in [0.2, 0.25) is 0 Å². The van der Waals surface area contributed by atoms with E-state index in [2.05, 4.69) is 14.7 Å². The fourth-order valence-corrected chi connectivity index (χ4v) is 5.17. The summed E-state index contributed by atoms with van der Waals surface area (Å²) in [5.74, 6) is -4.85. The molecule has 0 saturated carbocycles. The minimum Gasteiger partial charge on any atom is -0.361 e. The molecule has 3 aliphatic heterocycles. The van der Waals surface area contributed by atoms with Crippen LogP contribution in [-0.2, 0) is 20.7 Å². The Kier molecular flexibility index (Phi) is 5.69. The lowest BCUT2D eigenvalue weighted by molar-refractivity contribution is -0.245. The molecule has 4 heterocycles. The largest absolute Gasteiger partial charge is 0.416 e. The van der Waals surface area contributed by atoms with Crippen molar-refractivity contribution in [2.24, 2.45) is 5.41 Å². The first-order valence-corrected chi connectivity index (χ1v) is 11.0. The fraction of sp³-hybridized carbons (Fsp3) is 0.476. The van der Waals surface area contributed by atoms with Crippen molar-refractivity contribution in [1.29, 1.82) is 0 Å². The molecule has 0 unspecified atom stereocenters. The number of morpholine rings is 1. The van der Waals surface area contributed by atoms with Crippen molar-refractivity contribution in [3.63, 3.8) is 0 Å². The molecule has 0 radical (unpaired) electrons. The molecule has 2 aromatic rings. The number of nitrogens with one attached hydrogen (secondary N) is 2. The number of anilines is 1. The van der Waals surface area contributed by atoms with Gasteiger partial charge in [-0.15, -0.1) is 0 Å². The van der Waals surface area contributed by atoms with Crippen LogP contribution >= 0.6 is 0 Å². The number of barbiturate groups is 1. The molecule has 10 nitrogen and oxygen atoms in total. The van der Waals surface area contributed by atoms with Crippen molar-refractivity contribution >= 4 is 23.5 Å². The van der Waals surface area contributed by atoms with Crippen molar-refractivity contribution < 1.29 is 50.0 Å². The second-order valence-electron chi connectivity index (χ2n) is 8.81. The number of imide groups is 2. The van der Waals surface area contributed by atoms with E-state index in [1.54, 1.807) is 0 Å². The molecule has 198 valence electrons. The quantitative estimate of drug-likeness (QED) is 0.456. The van der Waals surface area contributed by atoms with E-state index in [0.717, 1.165) is 17.0 Å². The van der Waals surface area contributed by atoms with Crippen molar-refractivity contribution in [2.45, 2.75) is 50.6 Å². The summed E-state index contributed by atoms with van der Waals surface area (Å²) in [5.41, 5.74) is -2.63. The van der Waals surface area contributed by atoms with Gasteiger partial charge in [-0.3, -0.25) is 20.2 Å². The summed E-state index contributed by atoms with van der Waals surface area (Å²) >= 11 is 0. The number of fused-ring (bicyclic) bond motifs is 4. The SMILES string of the molecule is CC[C@@H]1O[C@H](C(F)(F)F)CN2c3cc(F)c(-c4noc(C(F)F)n4)cc3CC3(C(=O)NC(=O)NC3=O)[C@@H]12. The van der Waals surface area contributed by atoms with Gasteiger partial charge in [0.25, 0.3) is 5.89 Å². The highest BCUT2D eigenvalue weighted by molar-refractivity contribution is 6.20. The Morgan fingerprint density at radius 2 is 1.86 bits per heavy atom. The average molecular weight is 533 g/mol. The van der Waals surface area contributed by atoms with Gasteiger partial charge in [-0.05, 0) is 30.5 Å². The number of aromatic nitrogens is 2. The maximum absolute atomic E-state index is 15.2. The second kappa shape index (κ2) is 8.43. The number of benzene rings is 1. The van der Waals surface area contributed by atoms with Crippen LogP contribution in [0.3, 0.4) is 0 Å². The molecule has 37 heavy (non-hydrogen) atoms. The molecule has 2 saturated heterocycles. The predicted molar refractivity (Wildman–Crippen MR) is 109 cm³/mol. The lowest BCUT2D eigenvalue weighted by Crippen LogP contribution is -2.76. The summed E-state index contributed by atoms with van der Waals surface area (Å²) in [4.78, 5) is 42.7. The zero-order chi connectivity index (χ0) is 26.9. The van der Waals surface area contributed by atoms with Crippen LogP contribution in [0.15, 0.2) is 16.7 Å². The summed E-state index contributed by atoms with van der Waals surface area (Å²) in [5, 5.41) is 7.29. The minimum absolute atomic E-state index is 0.0216. The third-order valence-electron chi connectivity index (χ3n) is 6.74. The number of carbonyl (C=O) groups is 3. The normalized spacial score (nSPS) is 25.1. The molecule has 1 aromatic heterocycles. The van der Waals surface area contributed by atoms with E-state index in [4.69, 9.17) is 4.74 Å². The molecule has 5 rings (SSSR count). The molecular weight excluding hydrogens is 516 g/mol. The number of hydrogen-bond donors (Lipinski definition) is 2. The van der Waals surface area contributed by atoms with Gasteiger partial charge < -0.3 is 14.2 Å². The second-order valence-corrected chi connectivity index (χ2v) is 8.81. The molecule has 1 aromatic carbocycles. The number of ether oxygens (including phenoxy) is 1. The number of halogens is 6. The highest BCUT2D eigenvalue weighted by Gasteiger charge is 2.65. The summed E-state index contributed by atoms with van der Waals surface area (Å²) in [7, 11) is 0. The predicted octanol–water partition coefficient (Wildman–Crippen LogP) is 2.64. The van der Waals surface area contributed by atoms with Gasteiger partial charge in [0.15, 0.2) is 11.5 Å². The van der Waals surface area contributed by atoms with E-state index in [0.29, 0.717) is 0 Å². The van der Waals surface area contributed by atoms with Crippen LogP contribution in [0.1, 0.15) is 31.2 Å². The van der Waals surface area contributed by atoms with Gasteiger partial charge in [0, 0.05) is 5.69 Å². The Labute approximate surface area is 203 Å². The van der Waals surface area contributed by atoms with Gasteiger partial charge in [0.2, 0.25) is 17.6 Å². The van der Waals surface area contributed by atoms with E-state index in [1.807, 2.05) is 10.6 Å². The van der Waals surface area contributed by atoms with E-state index in [1.165, 1.54) is 6.92 Å². The molecule has 4 amide bonds. The fourth-order valence-electron chi connectivity index (χ4n) is 5.17. The Morgan fingerprint density at radius 3 is 2.43 bits per heavy atom. The first-order valence-electron chi connectivity index (χ1n) is 11.0. The van der Waals surface area contributed by atoms with Gasteiger partial charge in [-0.1, -0.05) is 12.1 Å². The van der Waals surface area contributed by atoms with Gasteiger partial charge in [0.05, 0.1) is 24.3 Å². The van der Waals surface area contributed by atoms with Gasteiger partial charge in [-0.2, -0.15) is 26.9 Å². The monoisotopic (exact) mass is 533 g/mol. The molecule has 3 aliphatic rings. The van der Waals surface area contributed by atoms with Gasteiger partial charge in [-0.25, -0.2) is 9.18 Å². The summed E-state index contributed by atoms with van der Waals surface area (Å²) in [6.07, 6.45) is -12.1. The lowest BCUT2D eigenvalue weighted by Gasteiger charge is -2.56. The molecule has 16 heteroatoms. The first-order chi connectivity index (χ1) is 17.4. The number of rotatable bonds is 3. The molecule has 1 spiro atoms. The molecule has 2 N–H and O–H groups in total. The van der Waals surface area contributed by atoms with E-state index < -0.39 is 90.2 Å². The number of alkyl halides is 5. The Hall–Kier alpha value is -3.69. The molecular formula is C21H17F6N5O5. The average Bonchev–Trinajstić information content (AvgIpc) is 3.31.